The molecule has 0 atom stereocenters. The topological polar surface area (TPSA) is 3.24 Å². The lowest BCUT2D eigenvalue weighted by atomic mass is 10.0. The van der Waals surface area contributed by atoms with E-state index in [1.165, 1.54) is 16.7 Å². The van der Waals surface area contributed by atoms with Gasteiger partial charge in [-0.25, -0.2) is 0 Å². The standard InChI is InChI=1S/C15H21N/c1-5-16(6-2)12-8-11-15-13(3)9-7-10-14(15)4/h7,9-10H,5-6,12H2,1-4H3. The van der Waals surface area contributed by atoms with Crippen LogP contribution >= 0.6 is 0 Å². The van der Waals surface area contributed by atoms with Crippen LogP contribution in [0.1, 0.15) is 30.5 Å². The molecule has 0 unspecified atom stereocenters. The lowest BCUT2D eigenvalue weighted by molar-refractivity contribution is 0.342. The van der Waals surface area contributed by atoms with Crippen molar-refractivity contribution in [2.24, 2.45) is 0 Å². The highest BCUT2D eigenvalue weighted by Gasteiger charge is 1.98. The van der Waals surface area contributed by atoms with Gasteiger partial charge in [-0.05, 0) is 38.1 Å². The second-order valence-corrected chi connectivity index (χ2v) is 4.03. The molecule has 0 bridgehead atoms. The molecule has 1 heteroatoms. The smallest absolute Gasteiger partial charge is 0.0605 e. The second-order valence-electron chi connectivity index (χ2n) is 4.03. The van der Waals surface area contributed by atoms with Crippen molar-refractivity contribution in [3.05, 3.63) is 34.9 Å². The van der Waals surface area contributed by atoms with Crippen LogP contribution < -0.4 is 0 Å². The summed E-state index contributed by atoms with van der Waals surface area (Å²) in [5.74, 6) is 6.55. The predicted octanol–water partition coefficient (Wildman–Crippen LogP) is 3.00. The van der Waals surface area contributed by atoms with Crippen molar-refractivity contribution in [1.29, 1.82) is 0 Å². The van der Waals surface area contributed by atoms with Crippen molar-refractivity contribution in [2.75, 3.05) is 19.6 Å². The third-order valence-electron chi connectivity index (χ3n) is 2.89. The van der Waals surface area contributed by atoms with Crippen LogP contribution in [0.3, 0.4) is 0 Å². The molecule has 0 N–H and O–H groups in total. The van der Waals surface area contributed by atoms with E-state index in [-0.39, 0.29) is 0 Å². The van der Waals surface area contributed by atoms with Gasteiger partial charge in [-0.15, -0.1) is 0 Å². The van der Waals surface area contributed by atoms with Crippen LogP contribution in [0.2, 0.25) is 0 Å². The molecular weight excluding hydrogens is 194 g/mol. The minimum Gasteiger partial charge on any atom is -0.293 e. The van der Waals surface area contributed by atoms with Crippen molar-refractivity contribution in [2.45, 2.75) is 27.7 Å². The van der Waals surface area contributed by atoms with Crippen LogP contribution in [0, 0.1) is 25.7 Å². The molecule has 16 heavy (non-hydrogen) atoms. The molecular formula is C15H21N. The Labute approximate surface area is 99.5 Å². The molecule has 1 aromatic rings. The normalized spacial score (nSPS) is 10.1. The Bertz CT molecular complexity index is 371. The van der Waals surface area contributed by atoms with Crippen LogP contribution in [0.4, 0.5) is 0 Å². The molecule has 0 radical (unpaired) electrons. The van der Waals surface area contributed by atoms with Crippen LogP contribution in [0.25, 0.3) is 0 Å². The lowest BCUT2D eigenvalue weighted by Gasteiger charge is -2.13. The van der Waals surface area contributed by atoms with Gasteiger partial charge in [-0.3, -0.25) is 4.90 Å². The average Bonchev–Trinajstić information content (AvgIpc) is 2.28. The third-order valence-corrected chi connectivity index (χ3v) is 2.89. The van der Waals surface area contributed by atoms with Crippen molar-refractivity contribution in [3.63, 3.8) is 0 Å². The second kappa shape index (κ2) is 6.35. The van der Waals surface area contributed by atoms with E-state index in [0.29, 0.717) is 0 Å². The monoisotopic (exact) mass is 215 g/mol. The first kappa shape index (κ1) is 12.8. The summed E-state index contributed by atoms with van der Waals surface area (Å²) in [6.45, 7) is 11.6. The number of aryl methyl sites for hydroxylation is 2. The molecule has 0 heterocycles. The number of rotatable bonds is 3. The number of hydrogen-bond acceptors (Lipinski definition) is 1. The van der Waals surface area contributed by atoms with Crippen LogP contribution in [0.5, 0.6) is 0 Å². The molecule has 86 valence electrons. The average molecular weight is 215 g/mol. The quantitative estimate of drug-likeness (QED) is 0.701. The minimum atomic E-state index is 0.862. The summed E-state index contributed by atoms with van der Waals surface area (Å²) in [5.41, 5.74) is 3.73. The Morgan fingerprint density at radius 2 is 1.62 bits per heavy atom. The van der Waals surface area contributed by atoms with E-state index in [9.17, 15) is 0 Å². The minimum absolute atomic E-state index is 0.862. The van der Waals surface area contributed by atoms with E-state index in [0.717, 1.165) is 19.6 Å². The maximum absolute atomic E-state index is 3.29. The van der Waals surface area contributed by atoms with E-state index in [2.05, 4.69) is 62.6 Å². The van der Waals surface area contributed by atoms with E-state index in [1.54, 1.807) is 0 Å². The zero-order valence-corrected chi connectivity index (χ0v) is 10.8. The van der Waals surface area contributed by atoms with Crippen LogP contribution in [-0.2, 0) is 0 Å². The van der Waals surface area contributed by atoms with Crippen molar-refractivity contribution >= 4 is 0 Å². The zero-order valence-electron chi connectivity index (χ0n) is 10.8. The van der Waals surface area contributed by atoms with E-state index in [4.69, 9.17) is 0 Å². The Morgan fingerprint density at radius 3 is 2.12 bits per heavy atom. The van der Waals surface area contributed by atoms with Gasteiger partial charge in [0, 0.05) is 5.56 Å². The summed E-state index contributed by atoms with van der Waals surface area (Å²) < 4.78 is 0. The van der Waals surface area contributed by atoms with Gasteiger partial charge in [0.25, 0.3) is 0 Å². The van der Waals surface area contributed by atoms with Gasteiger partial charge < -0.3 is 0 Å². The molecule has 1 nitrogen and oxygen atoms in total. The van der Waals surface area contributed by atoms with Gasteiger partial charge in [0.1, 0.15) is 0 Å². The number of hydrogen-bond donors (Lipinski definition) is 0. The van der Waals surface area contributed by atoms with Crippen molar-refractivity contribution < 1.29 is 0 Å². The zero-order chi connectivity index (χ0) is 12.0. The molecule has 0 saturated carbocycles. The van der Waals surface area contributed by atoms with Gasteiger partial charge in [-0.1, -0.05) is 43.9 Å². The van der Waals surface area contributed by atoms with Crippen LogP contribution in [-0.4, -0.2) is 24.5 Å². The Balaban J connectivity index is 2.77. The first-order valence-electron chi connectivity index (χ1n) is 5.96. The highest BCUT2D eigenvalue weighted by molar-refractivity contribution is 5.46. The van der Waals surface area contributed by atoms with Gasteiger partial charge in [-0.2, -0.15) is 0 Å². The predicted molar refractivity (Wildman–Crippen MR) is 70.6 cm³/mol. The van der Waals surface area contributed by atoms with Gasteiger partial charge in [0.15, 0.2) is 0 Å². The Morgan fingerprint density at radius 1 is 1.06 bits per heavy atom. The maximum atomic E-state index is 3.29. The van der Waals surface area contributed by atoms with E-state index in [1.807, 2.05) is 0 Å². The van der Waals surface area contributed by atoms with E-state index >= 15 is 0 Å². The summed E-state index contributed by atoms with van der Waals surface area (Å²) in [4.78, 5) is 2.32. The SMILES string of the molecule is CCN(CC)CC#Cc1c(C)cccc1C. The molecule has 0 amide bonds. The van der Waals surface area contributed by atoms with E-state index < -0.39 is 0 Å². The molecule has 1 rings (SSSR count). The summed E-state index contributed by atoms with van der Waals surface area (Å²) in [5, 5.41) is 0. The van der Waals surface area contributed by atoms with Gasteiger partial charge in [0.2, 0.25) is 0 Å². The summed E-state index contributed by atoms with van der Waals surface area (Å²) in [7, 11) is 0. The fourth-order valence-corrected chi connectivity index (χ4v) is 1.70. The van der Waals surface area contributed by atoms with Crippen molar-refractivity contribution in [1.82, 2.24) is 4.90 Å². The highest BCUT2D eigenvalue weighted by atomic mass is 15.1. The Hall–Kier alpha value is -1.26. The molecule has 1 aromatic carbocycles. The van der Waals surface area contributed by atoms with Gasteiger partial charge >= 0.3 is 0 Å². The fourth-order valence-electron chi connectivity index (χ4n) is 1.70. The fraction of sp³-hybridized carbons (Fsp3) is 0.467. The lowest BCUT2D eigenvalue weighted by Crippen LogP contribution is -2.22. The van der Waals surface area contributed by atoms with Gasteiger partial charge in [0.05, 0.1) is 6.54 Å². The van der Waals surface area contributed by atoms with Crippen LogP contribution in [0.15, 0.2) is 18.2 Å². The Kier molecular flexibility index (Phi) is 5.08. The molecule has 0 aliphatic heterocycles. The summed E-state index contributed by atoms with van der Waals surface area (Å²) in [6.07, 6.45) is 0. The third kappa shape index (κ3) is 3.40. The largest absolute Gasteiger partial charge is 0.293 e. The summed E-state index contributed by atoms with van der Waals surface area (Å²) in [6, 6.07) is 6.32. The molecule has 0 aromatic heterocycles. The first-order valence-corrected chi connectivity index (χ1v) is 5.96. The summed E-state index contributed by atoms with van der Waals surface area (Å²) >= 11 is 0. The molecule has 0 aliphatic carbocycles. The number of nitrogens with zero attached hydrogens (tertiary/aromatic N) is 1. The molecule has 0 saturated heterocycles. The first-order chi connectivity index (χ1) is 7.69. The molecule has 0 spiro atoms. The maximum Gasteiger partial charge on any atom is 0.0605 e. The number of benzene rings is 1. The molecule has 0 aliphatic rings. The molecule has 0 fully saturated rings. The highest BCUT2D eigenvalue weighted by Crippen LogP contribution is 2.11. The van der Waals surface area contributed by atoms with Crippen molar-refractivity contribution in [3.8, 4) is 11.8 Å².